The Morgan fingerprint density at radius 2 is 2.12 bits per heavy atom. The van der Waals surface area contributed by atoms with Gasteiger partial charge in [0.1, 0.15) is 0 Å². The van der Waals surface area contributed by atoms with Crippen molar-refractivity contribution in [2.75, 3.05) is 7.05 Å². The number of nitrogens with zero attached hydrogens (tertiary/aromatic N) is 2. The number of hydrogen-bond donors (Lipinski definition) is 1. The standard InChI is InChI=1S/C13H17N3/c1-10-4-5-13(11(2)6-10)16-9-12(7-14-3)8-15-16/h4-6,8-9,14H,7H2,1-3H3. The topological polar surface area (TPSA) is 29.9 Å². The fourth-order valence-corrected chi connectivity index (χ4v) is 1.85. The first-order valence-electron chi connectivity index (χ1n) is 5.46. The van der Waals surface area contributed by atoms with Crippen molar-refractivity contribution < 1.29 is 0 Å². The summed E-state index contributed by atoms with van der Waals surface area (Å²) in [5, 5.41) is 7.49. The molecule has 0 aliphatic rings. The van der Waals surface area contributed by atoms with E-state index in [-0.39, 0.29) is 0 Å². The molecule has 0 amide bonds. The summed E-state index contributed by atoms with van der Waals surface area (Å²) in [5.74, 6) is 0. The predicted octanol–water partition coefficient (Wildman–Crippen LogP) is 2.21. The zero-order valence-corrected chi connectivity index (χ0v) is 9.99. The van der Waals surface area contributed by atoms with Gasteiger partial charge in [-0.15, -0.1) is 0 Å². The van der Waals surface area contributed by atoms with Gasteiger partial charge in [0.25, 0.3) is 0 Å². The Balaban J connectivity index is 2.35. The summed E-state index contributed by atoms with van der Waals surface area (Å²) in [6.07, 6.45) is 3.96. The molecule has 16 heavy (non-hydrogen) atoms. The molecule has 0 radical (unpaired) electrons. The lowest BCUT2D eigenvalue weighted by molar-refractivity contribution is 0.816. The molecular weight excluding hydrogens is 198 g/mol. The Labute approximate surface area is 96.1 Å². The number of aromatic nitrogens is 2. The molecule has 3 heteroatoms. The van der Waals surface area contributed by atoms with E-state index in [9.17, 15) is 0 Å². The van der Waals surface area contributed by atoms with Crippen LogP contribution in [0.15, 0.2) is 30.6 Å². The maximum Gasteiger partial charge on any atom is 0.0675 e. The van der Waals surface area contributed by atoms with Crippen LogP contribution in [0, 0.1) is 13.8 Å². The molecule has 2 rings (SSSR count). The number of benzene rings is 1. The lowest BCUT2D eigenvalue weighted by Gasteiger charge is -2.06. The Morgan fingerprint density at radius 3 is 2.81 bits per heavy atom. The van der Waals surface area contributed by atoms with Gasteiger partial charge in [0.05, 0.1) is 11.9 Å². The minimum atomic E-state index is 0.852. The first kappa shape index (κ1) is 10.9. The van der Waals surface area contributed by atoms with Crippen molar-refractivity contribution in [2.45, 2.75) is 20.4 Å². The molecule has 0 fully saturated rings. The summed E-state index contributed by atoms with van der Waals surface area (Å²) in [7, 11) is 1.94. The second-order valence-corrected chi connectivity index (χ2v) is 4.11. The van der Waals surface area contributed by atoms with Gasteiger partial charge in [-0.25, -0.2) is 4.68 Å². The Bertz CT molecular complexity index is 486. The first-order chi connectivity index (χ1) is 7.70. The molecule has 84 valence electrons. The zero-order valence-electron chi connectivity index (χ0n) is 9.99. The van der Waals surface area contributed by atoms with Crippen molar-refractivity contribution in [1.82, 2.24) is 15.1 Å². The van der Waals surface area contributed by atoms with E-state index in [2.05, 4.69) is 48.7 Å². The van der Waals surface area contributed by atoms with E-state index in [1.807, 2.05) is 17.9 Å². The normalized spacial score (nSPS) is 10.7. The molecule has 0 unspecified atom stereocenters. The van der Waals surface area contributed by atoms with Crippen molar-refractivity contribution >= 4 is 0 Å². The smallest absolute Gasteiger partial charge is 0.0675 e. The van der Waals surface area contributed by atoms with Gasteiger partial charge in [-0.2, -0.15) is 5.10 Å². The third-order valence-electron chi connectivity index (χ3n) is 2.62. The van der Waals surface area contributed by atoms with E-state index < -0.39 is 0 Å². The highest BCUT2D eigenvalue weighted by Crippen LogP contribution is 2.15. The molecule has 0 spiro atoms. The molecule has 0 bridgehead atoms. The molecule has 1 heterocycles. The molecule has 2 aromatic rings. The Morgan fingerprint density at radius 1 is 1.31 bits per heavy atom. The molecule has 0 saturated heterocycles. The number of hydrogen-bond acceptors (Lipinski definition) is 2. The van der Waals surface area contributed by atoms with Crippen LogP contribution in [0.3, 0.4) is 0 Å². The van der Waals surface area contributed by atoms with Gasteiger partial charge in [0, 0.05) is 18.3 Å². The number of rotatable bonds is 3. The molecule has 1 aromatic heterocycles. The second-order valence-electron chi connectivity index (χ2n) is 4.11. The van der Waals surface area contributed by atoms with Crippen LogP contribution < -0.4 is 5.32 Å². The highest BCUT2D eigenvalue weighted by atomic mass is 15.3. The monoisotopic (exact) mass is 215 g/mol. The lowest BCUT2D eigenvalue weighted by atomic mass is 10.1. The van der Waals surface area contributed by atoms with Crippen molar-refractivity contribution in [3.05, 3.63) is 47.3 Å². The van der Waals surface area contributed by atoms with Crippen LogP contribution in [0.25, 0.3) is 5.69 Å². The second kappa shape index (κ2) is 4.49. The van der Waals surface area contributed by atoms with Crippen LogP contribution in [-0.4, -0.2) is 16.8 Å². The minimum absolute atomic E-state index is 0.852. The van der Waals surface area contributed by atoms with Crippen LogP contribution in [0.2, 0.25) is 0 Å². The van der Waals surface area contributed by atoms with Crippen LogP contribution in [-0.2, 0) is 6.54 Å². The van der Waals surface area contributed by atoms with Crippen molar-refractivity contribution in [3.63, 3.8) is 0 Å². The molecule has 0 aliphatic heterocycles. The minimum Gasteiger partial charge on any atom is -0.316 e. The summed E-state index contributed by atoms with van der Waals surface area (Å²) >= 11 is 0. The SMILES string of the molecule is CNCc1cnn(-c2ccc(C)cc2C)c1. The molecule has 1 N–H and O–H groups in total. The summed E-state index contributed by atoms with van der Waals surface area (Å²) in [5.41, 5.74) is 4.87. The van der Waals surface area contributed by atoms with Gasteiger partial charge in [-0.3, -0.25) is 0 Å². The van der Waals surface area contributed by atoms with Crippen LogP contribution in [0.1, 0.15) is 16.7 Å². The number of nitrogens with one attached hydrogen (secondary N) is 1. The third-order valence-corrected chi connectivity index (χ3v) is 2.62. The maximum absolute atomic E-state index is 4.37. The van der Waals surface area contributed by atoms with Crippen molar-refractivity contribution in [1.29, 1.82) is 0 Å². The summed E-state index contributed by atoms with van der Waals surface area (Å²) in [6, 6.07) is 6.40. The summed E-state index contributed by atoms with van der Waals surface area (Å²) in [4.78, 5) is 0. The highest BCUT2D eigenvalue weighted by Gasteiger charge is 2.03. The fourth-order valence-electron chi connectivity index (χ4n) is 1.85. The summed E-state index contributed by atoms with van der Waals surface area (Å²) < 4.78 is 1.93. The van der Waals surface area contributed by atoms with Gasteiger partial charge in [0.15, 0.2) is 0 Å². The predicted molar refractivity (Wildman–Crippen MR) is 65.8 cm³/mol. The molecule has 0 saturated carbocycles. The summed E-state index contributed by atoms with van der Waals surface area (Å²) in [6.45, 7) is 5.07. The molecule has 0 aliphatic carbocycles. The Kier molecular flexibility index (Phi) is 3.06. The van der Waals surface area contributed by atoms with E-state index in [1.165, 1.54) is 16.7 Å². The van der Waals surface area contributed by atoms with E-state index in [4.69, 9.17) is 0 Å². The molecule has 0 atom stereocenters. The van der Waals surface area contributed by atoms with Crippen LogP contribution >= 0.6 is 0 Å². The quantitative estimate of drug-likeness (QED) is 0.850. The number of aryl methyl sites for hydroxylation is 2. The van der Waals surface area contributed by atoms with Gasteiger partial charge >= 0.3 is 0 Å². The maximum atomic E-state index is 4.37. The van der Waals surface area contributed by atoms with E-state index in [0.29, 0.717) is 0 Å². The largest absolute Gasteiger partial charge is 0.316 e. The average Bonchev–Trinajstić information content (AvgIpc) is 2.67. The first-order valence-corrected chi connectivity index (χ1v) is 5.46. The lowest BCUT2D eigenvalue weighted by Crippen LogP contribution is -2.04. The van der Waals surface area contributed by atoms with Crippen molar-refractivity contribution in [2.24, 2.45) is 0 Å². The van der Waals surface area contributed by atoms with E-state index in [1.54, 1.807) is 0 Å². The third kappa shape index (κ3) is 2.14. The van der Waals surface area contributed by atoms with Gasteiger partial charge in [-0.1, -0.05) is 17.7 Å². The van der Waals surface area contributed by atoms with Crippen LogP contribution in [0.5, 0.6) is 0 Å². The van der Waals surface area contributed by atoms with Gasteiger partial charge < -0.3 is 5.32 Å². The van der Waals surface area contributed by atoms with E-state index >= 15 is 0 Å². The average molecular weight is 215 g/mol. The van der Waals surface area contributed by atoms with Gasteiger partial charge in [0.2, 0.25) is 0 Å². The molecular formula is C13H17N3. The Hall–Kier alpha value is -1.61. The fraction of sp³-hybridized carbons (Fsp3) is 0.308. The van der Waals surface area contributed by atoms with Gasteiger partial charge in [-0.05, 0) is 32.5 Å². The molecule has 1 aromatic carbocycles. The van der Waals surface area contributed by atoms with E-state index in [0.717, 1.165) is 12.2 Å². The molecule has 3 nitrogen and oxygen atoms in total. The zero-order chi connectivity index (χ0) is 11.5. The van der Waals surface area contributed by atoms with Crippen molar-refractivity contribution in [3.8, 4) is 5.69 Å². The van der Waals surface area contributed by atoms with Crippen LogP contribution in [0.4, 0.5) is 0 Å². The highest BCUT2D eigenvalue weighted by molar-refractivity contribution is 5.42.